The highest BCUT2D eigenvalue weighted by Crippen LogP contribution is 2.30. The Balaban J connectivity index is 1.75. The topological polar surface area (TPSA) is 90.0 Å². The van der Waals surface area contributed by atoms with E-state index in [4.69, 9.17) is 4.74 Å². The average molecular weight is 442 g/mol. The lowest BCUT2D eigenvalue weighted by Crippen LogP contribution is -2.36. The fourth-order valence-electron chi connectivity index (χ4n) is 3.46. The predicted octanol–water partition coefficient (Wildman–Crippen LogP) is 3.51. The second kappa shape index (κ2) is 8.78. The van der Waals surface area contributed by atoms with E-state index in [-0.39, 0.29) is 17.1 Å². The molecule has 3 aromatic rings. The molecule has 2 heterocycles. The highest BCUT2D eigenvalue weighted by Gasteiger charge is 2.23. The fraction of sp³-hybridized carbons (Fsp3) is 0.238. The first-order chi connectivity index (χ1) is 15.0. The number of fused-ring (bicyclic) bond motifs is 1. The molecule has 1 fully saturated rings. The van der Waals surface area contributed by atoms with Crippen molar-refractivity contribution in [2.75, 3.05) is 31.2 Å². The number of hydrogen-bond acceptors (Lipinski definition) is 6. The molecule has 8 nitrogen and oxygen atoms in total. The minimum Gasteiger partial charge on any atom is -0.378 e. The van der Waals surface area contributed by atoms with Crippen LogP contribution >= 0.6 is 11.3 Å². The molecule has 0 aliphatic carbocycles. The lowest BCUT2D eigenvalue weighted by molar-refractivity contribution is -0.384. The van der Waals surface area contributed by atoms with Gasteiger partial charge in [-0.3, -0.25) is 14.9 Å². The molecule has 2 aromatic carbocycles. The average Bonchev–Trinajstić information content (AvgIpc) is 3.10. The molecule has 0 atom stereocenters. The quantitative estimate of drug-likeness (QED) is 0.343. The molecule has 0 N–H and O–H groups in total. The number of amides is 1. The van der Waals surface area contributed by atoms with Gasteiger partial charge in [0.25, 0.3) is 11.6 Å². The minimum atomic E-state index is -0.610. The Hall–Kier alpha value is -3.37. The second-order valence-electron chi connectivity index (χ2n) is 6.87. The number of ether oxygens (including phenoxy) is 1. The molecule has 1 amide bonds. The summed E-state index contributed by atoms with van der Waals surface area (Å²) in [5.74, 6) is -0.992. The van der Waals surface area contributed by atoms with Crippen LogP contribution in [0.4, 0.5) is 15.8 Å². The maximum Gasteiger partial charge on any atom is 0.293 e. The highest BCUT2D eigenvalue weighted by atomic mass is 32.1. The van der Waals surface area contributed by atoms with Crippen LogP contribution in [0.25, 0.3) is 10.2 Å². The van der Waals surface area contributed by atoms with Gasteiger partial charge >= 0.3 is 0 Å². The van der Waals surface area contributed by atoms with Crippen molar-refractivity contribution in [2.45, 2.75) is 6.54 Å². The van der Waals surface area contributed by atoms with E-state index >= 15 is 0 Å². The first-order valence-electron chi connectivity index (χ1n) is 9.58. The van der Waals surface area contributed by atoms with Crippen LogP contribution in [0.3, 0.4) is 0 Å². The third-order valence-electron chi connectivity index (χ3n) is 4.92. The molecule has 0 unspecified atom stereocenters. The van der Waals surface area contributed by atoms with Crippen LogP contribution in [0.2, 0.25) is 0 Å². The zero-order valence-corrected chi connectivity index (χ0v) is 17.3. The molecule has 4 rings (SSSR count). The van der Waals surface area contributed by atoms with E-state index in [1.165, 1.54) is 35.6 Å². The first kappa shape index (κ1) is 20.9. The number of morpholine rings is 1. The van der Waals surface area contributed by atoms with E-state index in [0.29, 0.717) is 48.0 Å². The number of carbonyl (C=O) groups is 1. The predicted molar refractivity (Wildman–Crippen MR) is 116 cm³/mol. The smallest absolute Gasteiger partial charge is 0.293 e. The van der Waals surface area contributed by atoms with Crippen molar-refractivity contribution in [3.63, 3.8) is 0 Å². The Morgan fingerprint density at radius 2 is 2.06 bits per heavy atom. The number of rotatable bonds is 5. The highest BCUT2D eigenvalue weighted by molar-refractivity contribution is 7.16. The number of nitro benzene ring substituents is 1. The number of aromatic nitrogens is 1. The molecular formula is C21H19FN4O4S. The van der Waals surface area contributed by atoms with Gasteiger partial charge in [-0.2, -0.15) is 4.99 Å². The van der Waals surface area contributed by atoms with E-state index in [1.54, 1.807) is 22.8 Å². The van der Waals surface area contributed by atoms with Gasteiger partial charge in [0.2, 0.25) is 0 Å². The third kappa shape index (κ3) is 4.25. The van der Waals surface area contributed by atoms with Crippen molar-refractivity contribution in [1.29, 1.82) is 0 Å². The van der Waals surface area contributed by atoms with Gasteiger partial charge < -0.3 is 14.2 Å². The van der Waals surface area contributed by atoms with Gasteiger partial charge in [0.15, 0.2) is 4.80 Å². The Bertz CT molecular complexity index is 1240. The van der Waals surface area contributed by atoms with Crippen molar-refractivity contribution < 1.29 is 18.8 Å². The number of benzene rings is 2. The molecular weight excluding hydrogens is 423 g/mol. The number of nitro groups is 1. The Morgan fingerprint density at radius 3 is 2.77 bits per heavy atom. The van der Waals surface area contributed by atoms with Crippen LogP contribution in [0.5, 0.6) is 0 Å². The van der Waals surface area contributed by atoms with Crippen molar-refractivity contribution in [2.24, 2.45) is 4.99 Å². The molecule has 1 aliphatic rings. The van der Waals surface area contributed by atoms with E-state index in [2.05, 4.69) is 11.6 Å². The molecule has 0 radical (unpaired) electrons. The summed E-state index contributed by atoms with van der Waals surface area (Å²) in [6.45, 7) is 6.16. The molecule has 0 saturated carbocycles. The maximum absolute atomic E-state index is 13.6. The molecule has 1 saturated heterocycles. The zero-order valence-electron chi connectivity index (χ0n) is 16.5. The van der Waals surface area contributed by atoms with Crippen LogP contribution in [-0.2, 0) is 11.3 Å². The van der Waals surface area contributed by atoms with Gasteiger partial charge in [-0.25, -0.2) is 4.39 Å². The van der Waals surface area contributed by atoms with E-state index in [0.717, 1.165) is 5.52 Å². The van der Waals surface area contributed by atoms with Crippen molar-refractivity contribution in [3.05, 3.63) is 75.3 Å². The molecule has 160 valence electrons. The minimum absolute atomic E-state index is 0.109. The van der Waals surface area contributed by atoms with Gasteiger partial charge in [-0.05, 0) is 30.3 Å². The van der Waals surface area contributed by atoms with Crippen molar-refractivity contribution in [1.82, 2.24) is 4.57 Å². The van der Waals surface area contributed by atoms with E-state index < -0.39 is 10.8 Å². The summed E-state index contributed by atoms with van der Waals surface area (Å²) in [6, 6.07) is 8.70. The number of allylic oxidation sites excluding steroid dienone is 1. The standard InChI is InChI=1S/C21H19FN4O4S/c1-2-7-25-17-6-4-15(22)13-19(17)31-21(25)23-20(27)14-3-5-16(18(12-14)26(28)29)24-8-10-30-11-9-24/h2-6,12-13H,1,7-11H2. The van der Waals surface area contributed by atoms with Crippen LogP contribution < -0.4 is 9.70 Å². The zero-order chi connectivity index (χ0) is 22.0. The molecule has 0 spiro atoms. The lowest BCUT2D eigenvalue weighted by atomic mass is 10.1. The summed E-state index contributed by atoms with van der Waals surface area (Å²) < 4.78 is 21.3. The Morgan fingerprint density at radius 1 is 1.29 bits per heavy atom. The second-order valence-corrected chi connectivity index (χ2v) is 7.88. The third-order valence-corrected chi connectivity index (χ3v) is 5.97. The summed E-state index contributed by atoms with van der Waals surface area (Å²) in [7, 11) is 0. The van der Waals surface area contributed by atoms with Gasteiger partial charge in [0.1, 0.15) is 11.5 Å². The molecule has 10 heteroatoms. The number of nitrogens with zero attached hydrogens (tertiary/aromatic N) is 4. The first-order valence-corrected chi connectivity index (χ1v) is 10.4. The van der Waals surface area contributed by atoms with Crippen LogP contribution in [0.1, 0.15) is 10.4 Å². The summed E-state index contributed by atoms with van der Waals surface area (Å²) in [5, 5.41) is 11.6. The Labute approximate surface area is 180 Å². The molecule has 0 bridgehead atoms. The molecule has 31 heavy (non-hydrogen) atoms. The van der Waals surface area contributed by atoms with Gasteiger partial charge in [0.05, 0.1) is 28.4 Å². The number of anilines is 1. The van der Waals surface area contributed by atoms with Gasteiger partial charge in [-0.15, -0.1) is 6.58 Å². The molecule has 1 aromatic heterocycles. The van der Waals surface area contributed by atoms with Crippen molar-refractivity contribution >= 4 is 38.8 Å². The fourth-order valence-corrected chi connectivity index (χ4v) is 4.53. The summed E-state index contributed by atoms with van der Waals surface area (Å²) in [4.78, 5) is 30.4. The summed E-state index contributed by atoms with van der Waals surface area (Å²) in [6.07, 6.45) is 1.65. The van der Waals surface area contributed by atoms with Gasteiger partial charge in [0, 0.05) is 31.3 Å². The number of hydrogen-bond donors (Lipinski definition) is 0. The Kier molecular flexibility index (Phi) is 5.92. The normalized spacial score (nSPS) is 14.7. The van der Waals surface area contributed by atoms with Crippen LogP contribution in [0, 0.1) is 15.9 Å². The number of halogens is 1. The lowest BCUT2D eigenvalue weighted by Gasteiger charge is -2.28. The number of carbonyl (C=O) groups excluding carboxylic acids is 1. The summed E-state index contributed by atoms with van der Waals surface area (Å²) >= 11 is 1.17. The monoisotopic (exact) mass is 442 g/mol. The summed E-state index contributed by atoms with van der Waals surface area (Å²) in [5.41, 5.74) is 1.13. The molecule has 1 aliphatic heterocycles. The van der Waals surface area contributed by atoms with Crippen LogP contribution in [0.15, 0.2) is 54.0 Å². The maximum atomic E-state index is 13.6. The van der Waals surface area contributed by atoms with Crippen LogP contribution in [-0.4, -0.2) is 41.7 Å². The number of thiazole rings is 1. The largest absolute Gasteiger partial charge is 0.378 e. The SMILES string of the molecule is C=CCn1c(=NC(=O)c2ccc(N3CCOCC3)c([N+](=O)[O-])c2)sc2cc(F)ccc21. The van der Waals surface area contributed by atoms with Gasteiger partial charge in [-0.1, -0.05) is 17.4 Å². The van der Waals surface area contributed by atoms with E-state index in [9.17, 15) is 19.3 Å². The van der Waals surface area contributed by atoms with Crippen molar-refractivity contribution in [3.8, 4) is 0 Å². The van der Waals surface area contributed by atoms with E-state index in [1.807, 2.05) is 4.90 Å².